The summed E-state index contributed by atoms with van der Waals surface area (Å²) in [5.41, 5.74) is 4.10. The van der Waals surface area contributed by atoms with Gasteiger partial charge in [0, 0.05) is 29.1 Å². The van der Waals surface area contributed by atoms with Crippen LogP contribution in [-0.2, 0) is 0 Å². The SMILES string of the molecule is Cc1ccc(-c2onc(-c3cccc(Cl)c3Cl)c2C(O)c2cccnc2)cc1. The third-order valence-electron chi connectivity index (χ3n) is 4.52. The number of aliphatic hydroxyl groups is 1. The lowest BCUT2D eigenvalue weighted by atomic mass is 9.94. The number of hydrogen-bond donors (Lipinski definition) is 1. The molecular weight excluding hydrogens is 395 g/mol. The highest BCUT2D eigenvalue weighted by atomic mass is 35.5. The van der Waals surface area contributed by atoms with E-state index in [1.165, 1.54) is 0 Å². The Morgan fingerprint density at radius 2 is 1.79 bits per heavy atom. The van der Waals surface area contributed by atoms with Crippen LogP contribution in [0.15, 0.2) is 71.5 Å². The number of aryl methyl sites for hydroxylation is 1. The van der Waals surface area contributed by atoms with Crippen LogP contribution in [0, 0.1) is 6.92 Å². The van der Waals surface area contributed by atoms with Crippen LogP contribution in [0.2, 0.25) is 10.0 Å². The minimum atomic E-state index is -0.999. The van der Waals surface area contributed by atoms with Crippen molar-refractivity contribution in [1.29, 1.82) is 0 Å². The van der Waals surface area contributed by atoms with E-state index < -0.39 is 6.10 Å². The largest absolute Gasteiger partial charge is 0.383 e. The van der Waals surface area contributed by atoms with Crippen molar-refractivity contribution in [3.63, 3.8) is 0 Å². The molecule has 1 atom stereocenters. The first-order valence-corrected chi connectivity index (χ1v) is 9.41. The quantitative estimate of drug-likeness (QED) is 0.441. The third-order valence-corrected chi connectivity index (χ3v) is 5.34. The maximum atomic E-state index is 11.2. The molecule has 0 aliphatic heterocycles. The highest BCUT2D eigenvalue weighted by molar-refractivity contribution is 6.43. The summed E-state index contributed by atoms with van der Waals surface area (Å²) in [6.07, 6.45) is 2.26. The molecule has 0 aliphatic carbocycles. The van der Waals surface area contributed by atoms with Crippen molar-refractivity contribution in [1.82, 2.24) is 10.1 Å². The Kier molecular flexibility index (Phi) is 5.18. The lowest BCUT2D eigenvalue weighted by molar-refractivity contribution is 0.220. The number of benzene rings is 2. The van der Waals surface area contributed by atoms with Gasteiger partial charge in [0.05, 0.1) is 15.6 Å². The van der Waals surface area contributed by atoms with E-state index in [2.05, 4.69) is 10.1 Å². The van der Waals surface area contributed by atoms with Crippen molar-refractivity contribution in [2.75, 3.05) is 0 Å². The molecule has 0 bridgehead atoms. The average Bonchev–Trinajstić information content (AvgIpc) is 3.15. The Balaban J connectivity index is 1.95. The standard InChI is InChI=1S/C22H16Cl2N2O2/c1-13-7-9-14(10-8-13)22-18(21(27)15-4-3-11-25-12-15)20(26-28-22)16-5-2-6-17(23)19(16)24/h2-12,21,27H,1H3. The van der Waals surface area contributed by atoms with Gasteiger partial charge in [-0.2, -0.15) is 0 Å². The lowest BCUT2D eigenvalue weighted by Gasteiger charge is -2.13. The number of hydrogen-bond acceptors (Lipinski definition) is 4. The van der Waals surface area contributed by atoms with Gasteiger partial charge in [0.1, 0.15) is 11.8 Å². The molecule has 28 heavy (non-hydrogen) atoms. The molecule has 0 aliphatic rings. The fraction of sp³-hybridized carbons (Fsp3) is 0.0909. The van der Waals surface area contributed by atoms with Gasteiger partial charge < -0.3 is 9.63 Å². The molecule has 2 aromatic carbocycles. The molecule has 0 spiro atoms. The summed E-state index contributed by atoms with van der Waals surface area (Å²) in [4.78, 5) is 4.11. The summed E-state index contributed by atoms with van der Waals surface area (Å²) in [5.74, 6) is 0.474. The fourth-order valence-electron chi connectivity index (χ4n) is 3.05. The Labute approximate surface area is 172 Å². The van der Waals surface area contributed by atoms with E-state index in [1.807, 2.05) is 31.2 Å². The molecule has 4 nitrogen and oxygen atoms in total. The van der Waals surface area contributed by atoms with Gasteiger partial charge in [0.15, 0.2) is 5.76 Å². The number of aromatic nitrogens is 2. The van der Waals surface area contributed by atoms with Crippen LogP contribution < -0.4 is 0 Å². The fourth-order valence-corrected chi connectivity index (χ4v) is 3.44. The second kappa shape index (κ2) is 7.76. The first-order chi connectivity index (χ1) is 13.6. The Morgan fingerprint density at radius 3 is 2.50 bits per heavy atom. The number of aliphatic hydroxyl groups excluding tert-OH is 1. The van der Waals surface area contributed by atoms with Crippen LogP contribution in [0.25, 0.3) is 22.6 Å². The molecule has 4 aromatic rings. The summed E-state index contributed by atoms with van der Waals surface area (Å²) in [7, 11) is 0. The van der Waals surface area contributed by atoms with Crippen LogP contribution in [-0.4, -0.2) is 15.2 Å². The molecule has 6 heteroatoms. The average molecular weight is 411 g/mol. The topological polar surface area (TPSA) is 59.2 Å². The van der Waals surface area contributed by atoms with Crippen LogP contribution in [0.3, 0.4) is 0 Å². The van der Waals surface area contributed by atoms with Gasteiger partial charge in [0.2, 0.25) is 0 Å². The zero-order valence-corrected chi connectivity index (χ0v) is 16.4. The summed E-state index contributed by atoms with van der Waals surface area (Å²) >= 11 is 12.6. The first kappa shape index (κ1) is 18.7. The van der Waals surface area contributed by atoms with Crippen molar-refractivity contribution in [3.8, 4) is 22.6 Å². The molecule has 1 N–H and O–H groups in total. The van der Waals surface area contributed by atoms with Gasteiger partial charge in [-0.1, -0.05) is 76.4 Å². The smallest absolute Gasteiger partial charge is 0.173 e. The molecule has 2 heterocycles. The Hall–Kier alpha value is -2.66. The summed E-state index contributed by atoms with van der Waals surface area (Å²) in [6, 6.07) is 16.7. The van der Waals surface area contributed by atoms with Gasteiger partial charge in [-0.25, -0.2) is 0 Å². The maximum absolute atomic E-state index is 11.2. The molecule has 1 unspecified atom stereocenters. The second-order valence-corrected chi connectivity index (χ2v) is 7.22. The van der Waals surface area contributed by atoms with Gasteiger partial charge in [-0.15, -0.1) is 0 Å². The zero-order chi connectivity index (χ0) is 19.7. The van der Waals surface area contributed by atoms with Crippen molar-refractivity contribution in [2.24, 2.45) is 0 Å². The minimum absolute atomic E-state index is 0.354. The molecule has 140 valence electrons. The van der Waals surface area contributed by atoms with Gasteiger partial charge in [-0.3, -0.25) is 4.98 Å². The predicted molar refractivity (Wildman–Crippen MR) is 110 cm³/mol. The molecular formula is C22H16Cl2N2O2. The minimum Gasteiger partial charge on any atom is -0.383 e. The summed E-state index contributed by atoms with van der Waals surface area (Å²) in [6.45, 7) is 2.01. The molecule has 2 aromatic heterocycles. The van der Waals surface area contributed by atoms with Gasteiger partial charge in [-0.05, 0) is 19.1 Å². The van der Waals surface area contributed by atoms with E-state index in [9.17, 15) is 5.11 Å². The summed E-state index contributed by atoms with van der Waals surface area (Å²) < 4.78 is 5.68. The lowest BCUT2D eigenvalue weighted by Crippen LogP contribution is -2.03. The van der Waals surface area contributed by atoms with Crippen LogP contribution in [0.4, 0.5) is 0 Å². The van der Waals surface area contributed by atoms with E-state index in [1.54, 1.807) is 42.7 Å². The van der Waals surface area contributed by atoms with E-state index in [-0.39, 0.29) is 0 Å². The monoisotopic (exact) mass is 410 g/mol. The molecule has 0 fully saturated rings. The normalized spacial score (nSPS) is 12.1. The summed E-state index contributed by atoms with van der Waals surface area (Å²) in [5, 5.41) is 16.2. The number of halogens is 2. The van der Waals surface area contributed by atoms with Crippen molar-refractivity contribution in [2.45, 2.75) is 13.0 Å². The molecule has 0 saturated heterocycles. The maximum Gasteiger partial charge on any atom is 0.173 e. The highest BCUT2D eigenvalue weighted by Crippen LogP contribution is 2.42. The Morgan fingerprint density at radius 1 is 1.00 bits per heavy atom. The second-order valence-electron chi connectivity index (χ2n) is 6.43. The molecule has 0 saturated carbocycles. The molecule has 4 rings (SSSR count). The third kappa shape index (κ3) is 3.42. The van der Waals surface area contributed by atoms with Crippen LogP contribution in [0.1, 0.15) is 22.8 Å². The molecule has 0 amide bonds. The highest BCUT2D eigenvalue weighted by Gasteiger charge is 2.27. The van der Waals surface area contributed by atoms with Gasteiger partial charge >= 0.3 is 0 Å². The Bertz CT molecular complexity index is 1110. The first-order valence-electron chi connectivity index (χ1n) is 8.65. The van der Waals surface area contributed by atoms with Crippen molar-refractivity contribution >= 4 is 23.2 Å². The van der Waals surface area contributed by atoms with Gasteiger partial charge in [0.25, 0.3) is 0 Å². The van der Waals surface area contributed by atoms with Crippen LogP contribution >= 0.6 is 23.2 Å². The number of nitrogens with zero attached hydrogens (tertiary/aromatic N) is 2. The van der Waals surface area contributed by atoms with Crippen molar-refractivity contribution < 1.29 is 9.63 Å². The van der Waals surface area contributed by atoms with Crippen LogP contribution in [0.5, 0.6) is 0 Å². The number of pyridine rings is 1. The van der Waals surface area contributed by atoms with Crippen molar-refractivity contribution in [3.05, 3.63) is 93.7 Å². The molecule has 0 radical (unpaired) electrons. The predicted octanol–water partition coefficient (Wildman–Crippen LogP) is 6.10. The van der Waals surface area contributed by atoms with E-state index in [0.29, 0.717) is 38.2 Å². The zero-order valence-electron chi connectivity index (χ0n) is 14.9. The van der Waals surface area contributed by atoms with E-state index in [0.717, 1.165) is 11.1 Å². The van der Waals surface area contributed by atoms with E-state index in [4.69, 9.17) is 27.7 Å². The number of rotatable bonds is 4. The van der Waals surface area contributed by atoms with E-state index >= 15 is 0 Å².